The third-order valence-electron chi connectivity index (χ3n) is 3.76. The van der Waals surface area contributed by atoms with Crippen molar-refractivity contribution in [2.45, 2.75) is 65.7 Å². The van der Waals surface area contributed by atoms with E-state index in [-0.39, 0.29) is 61.2 Å². The van der Waals surface area contributed by atoms with Crippen LogP contribution in [0.1, 0.15) is 65.7 Å². The second-order valence-electron chi connectivity index (χ2n) is 5.67. The van der Waals surface area contributed by atoms with E-state index in [9.17, 15) is 9.59 Å². The molecular formula is C15H30BaO4. The molecule has 0 amide bonds. The summed E-state index contributed by atoms with van der Waals surface area (Å²) in [5.41, 5.74) is 0. The van der Waals surface area contributed by atoms with E-state index in [4.69, 9.17) is 10.2 Å². The first-order valence-electron chi connectivity index (χ1n) is 7.35. The molecule has 1 atom stereocenters. The zero-order chi connectivity index (χ0) is 14.8. The molecule has 0 saturated heterocycles. The van der Waals surface area contributed by atoms with Crippen LogP contribution in [0.4, 0.5) is 0 Å². The molecule has 0 heterocycles. The molecule has 0 bridgehead atoms. The molecule has 0 aromatic rings. The number of rotatable bonds is 11. The average Bonchev–Trinajstić information content (AvgIpc) is 2.31. The molecule has 4 nitrogen and oxygen atoms in total. The van der Waals surface area contributed by atoms with Crippen LogP contribution in [-0.2, 0) is 9.59 Å². The fourth-order valence-corrected chi connectivity index (χ4v) is 2.34. The molecule has 0 aliphatic rings. The molecule has 0 radical (unpaired) electrons. The van der Waals surface area contributed by atoms with Gasteiger partial charge in [0, 0.05) is 0 Å². The summed E-state index contributed by atoms with van der Waals surface area (Å²) in [6.45, 7) is 6.25. The first kappa shape index (κ1) is 22.8. The van der Waals surface area contributed by atoms with Crippen LogP contribution in [0.5, 0.6) is 0 Å². The van der Waals surface area contributed by atoms with Crippen molar-refractivity contribution in [3.8, 4) is 0 Å². The van der Waals surface area contributed by atoms with Crippen molar-refractivity contribution in [1.82, 2.24) is 0 Å². The number of hydrogen-bond acceptors (Lipinski definition) is 2. The van der Waals surface area contributed by atoms with Gasteiger partial charge >= 0.3 is 60.8 Å². The molecule has 2 N–H and O–H groups in total. The normalized spacial score (nSPS) is 12.2. The van der Waals surface area contributed by atoms with E-state index in [2.05, 4.69) is 6.92 Å². The number of hydrogen-bond donors (Lipinski definition) is 2. The van der Waals surface area contributed by atoms with Crippen LogP contribution < -0.4 is 0 Å². The fraction of sp³-hybridized carbons (Fsp3) is 0.867. The molecule has 0 spiro atoms. The molecule has 0 aromatic carbocycles. The van der Waals surface area contributed by atoms with Crippen molar-refractivity contribution >= 4 is 60.8 Å². The third-order valence-corrected chi connectivity index (χ3v) is 3.76. The number of carbonyl (C=O) groups is 2. The van der Waals surface area contributed by atoms with E-state index in [1.165, 1.54) is 19.3 Å². The maximum atomic E-state index is 10.9. The predicted molar refractivity (Wildman–Crippen MR) is 83.6 cm³/mol. The molecule has 116 valence electrons. The van der Waals surface area contributed by atoms with E-state index in [1.54, 1.807) is 0 Å². The van der Waals surface area contributed by atoms with Crippen molar-refractivity contribution in [2.24, 2.45) is 17.8 Å². The van der Waals surface area contributed by atoms with Crippen LogP contribution in [0.3, 0.4) is 0 Å². The Kier molecular flexibility index (Phi) is 15.0. The van der Waals surface area contributed by atoms with Crippen molar-refractivity contribution < 1.29 is 19.8 Å². The SMILES string of the molecule is CCCCCCCC(CC(C(=O)O)C(=O)O)C(C)C.[BaH2]. The Morgan fingerprint density at radius 1 is 0.950 bits per heavy atom. The minimum absolute atomic E-state index is 0. The second kappa shape index (κ2) is 13.2. The molecular weight excluding hydrogens is 381 g/mol. The van der Waals surface area contributed by atoms with Gasteiger partial charge in [-0.05, 0) is 18.3 Å². The maximum absolute atomic E-state index is 10.9. The summed E-state index contributed by atoms with van der Waals surface area (Å²) in [6, 6.07) is 0. The molecule has 0 fully saturated rings. The summed E-state index contributed by atoms with van der Waals surface area (Å²) in [6.07, 6.45) is 7.04. The molecule has 0 saturated carbocycles. The molecule has 1 unspecified atom stereocenters. The van der Waals surface area contributed by atoms with Crippen molar-refractivity contribution in [2.75, 3.05) is 0 Å². The van der Waals surface area contributed by atoms with E-state index in [0.29, 0.717) is 5.92 Å². The summed E-state index contributed by atoms with van der Waals surface area (Å²) in [5, 5.41) is 17.9. The van der Waals surface area contributed by atoms with Gasteiger partial charge in [-0.25, -0.2) is 0 Å². The molecule has 0 aliphatic carbocycles. The zero-order valence-electron chi connectivity index (χ0n) is 12.4. The monoisotopic (exact) mass is 412 g/mol. The average molecular weight is 412 g/mol. The fourth-order valence-electron chi connectivity index (χ4n) is 2.34. The van der Waals surface area contributed by atoms with Crippen LogP contribution in [0.15, 0.2) is 0 Å². The van der Waals surface area contributed by atoms with Crippen LogP contribution in [0, 0.1) is 17.8 Å². The predicted octanol–water partition coefficient (Wildman–Crippen LogP) is 2.88. The van der Waals surface area contributed by atoms with E-state index >= 15 is 0 Å². The first-order valence-corrected chi connectivity index (χ1v) is 7.35. The van der Waals surface area contributed by atoms with Crippen LogP contribution in [0.25, 0.3) is 0 Å². The van der Waals surface area contributed by atoms with Gasteiger partial charge in [0.1, 0.15) is 0 Å². The molecule has 0 aromatic heterocycles. The van der Waals surface area contributed by atoms with Gasteiger partial charge in [-0.3, -0.25) is 9.59 Å². The van der Waals surface area contributed by atoms with Gasteiger partial charge in [-0.15, -0.1) is 0 Å². The summed E-state index contributed by atoms with van der Waals surface area (Å²) in [5.74, 6) is -3.19. The molecule has 0 aliphatic heterocycles. The van der Waals surface area contributed by atoms with Crippen molar-refractivity contribution in [1.29, 1.82) is 0 Å². The number of carboxylic acids is 2. The number of carboxylic acid groups (broad SMARTS) is 2. The van der Waals surface area contributed by atoms with Crippen molar-refractivity contribution in [3.63, 3.8) is 0 Å². The van der Waals surface area contributed by atoms with Gasteiger partial charge in [0.05, 0.1) is 0 Å². The quantitative estimate of drug-likeness (QED) is 0.311. The Balaban J connectivity index is 0. The summed E-state index contributed by atoms with van der Waals surface area (Å²) >= 11 is 0. The van der Waals surface area contributed by atoms with E-state index < -0.39 is 17.9 Å². The number of aliphatic carboxylic acids is 2. The molecule has 20 heavy (non-hydrogen) atoms. The Hall–Kier alpha value is 0.511. The van der Waals surface area contributed by atoms with Crippen LogP contribution >= 0.6 is 0 Å². The Morgan fingerprint density at radius 2 is 1.45 bits per heavy atom. The van der Waals surface area contributed by atoms with Gasteiger partial charge in [0.2, 0.25) is 0 Å². The van der Waals surface area contributed by atoms with Crippen LogP contribution in [-0.4, -0.2) is 71.0 Å². The zero-order valence-corrected chi connectivity index (χ0v) is 12.4. The van der Waals surface area contributed by atoms with Gasteiger partial charge in [0.15, 0.2) is 5.92 Å². The minimum atomic E-state index is -1.26. The Labute approximate surface area is 162 Å². The third kappa shape index (κ3) is 10.3. The molecule has 0 rings (SSSR count). The van der Waals surface area contributed by atoms with Crippen LogP contribution in [0.2, 0.25) is 0 Å². The summed E-state index contributed by atoms with van der Waals surface area (Å²) < 4.78 is 0. The van der Waals surface area contributed by atoms with Gasteiger partial charge in [-0.1, -0.05) is 59.3 Å². The van der Waals surface area contributed by atoms with Gasteiger partial charge < -0.3 is 10.2 Å². The molecule has 5 heteroatoms. The summed E-state index contributed by atoms with van der Waals surface area (Å²) in [4.78, 5) is 21.9. The summed E-state index contributed by atoms with van der Waals surface area (Å²) in [7, 11) is 0. The Morgan fingerprint density at radius 3 is 1.85 bits per heavy atom. The first-order chi connectivity index (χ1) is 8.90. The van der Waals surface area contributed by atoms with Crippen molar-refractivity contribution in [3.05, 3.63) is 0 Å². The second-order valence-corrected chi connectivity index (χ2v) is 5.67. The van der Waals surface area contributed by atoms with Gasteiger partial charge in [-0.2, -0.15) is 0 Å². The number of unbranched alkanes of at least 4 members (excludes halogenated alkanes) is 4. The van der Waals surface area contributed by atoms with E-state index in [1.807, 2.05) is 13.8 Å². The van der Waals surface area contributed by atoms with E-state index in [0.717, 1.165) is 19.3 Å². The van der Waals surface area contributed by atoms with Gasteiger partial charge in [0.25, 0.3) is 0 Å². The topological polar surface area (TPSA) is 74.6 Å². The Bertz CT molecular complexity index is 265. The standard InChI is InChI=1S/C15H28O4.Ba.2H/c1-4-5-6-7-8-9-12(11(2)3)10-13(14(16)17)15(18)19;;;/h11-13H,4-10H2,1-3H3,(H,16,17)(H,18,19);;;.